The quantitative estimate of drug-likeness (QED) is 0.705. The molecule has 0 spiro atoms. The molecule has 0 heterocycles. The van der Waals surface area contributed by atoms with E-state index in [4.69, 9.17) is 0 Å². The van der Waals surface area contributed by atoms with Crippen molar-refractivity contribution in [2.45, 2.75) is 12.8 Å². The van der Waals surface area contributed by atoms with Crippen LogP contribution in [0.4, 0.5) is 5.69 Å². The van der Waals surface area contributed by atoms with Crippen LogP contribution in [0.1, 0.15) is 12.8 Å². The summed E-state index contributed by atoms with van der Waals surface area (Å²) in [4.78, 5) is 21.1. The van der Waals surface area contributed by atoms with Crippen LogP contribution in [0.15, 0.2) is 24.3 Å². The van der Waals surface area contributed by atoms with Crippen LogP contribution in [0, 0.1) is 6.07 Å². The van der Waals surface area contributed by atoms with Crippen molar-refractivity contribution in [3.05, 3.63) is 30.3 Å². The van der Waals surface area contributed by atoms with Crippen molar-refractivity contribution in [2.75, 3.05) is 5.32 Å². The average molecular weight is 176 g/mol. The molecule has 0 atom stereocenters. The molecule has 1 rings (SSSR count). The monoisotopic (exact) mass is 176 g/mol. The first-order valence-electron chi connectivity index (χ1n) is 4.03. The van der Waals surface area contributed by atoms with Crippen LogP contribution in [0.3, 0.4) is 0 Å². The van der Waals surface area contributed by atoms with Gasteiger partial charge in [-0.1, -0.05) is 18.2 Å². The van der Waals surface area contributed by atoms with E-state index in [9.17, 15) is 9.59 Å². The average Bonchev–Trinajstić information content (AvgIpc) is 2.16. The van der Waals surface area contributed by atoms with Gasteiger partial charge in [-0.05, 0) is 6.07 Å². The third-order valence-corrected chi connectivity index (χ3v) is 1.47. The maximum Gasteiger partial charge on any atom is 0.224 e. The number of hydrogen-bond donors (Lipinski definition) is 1. The van der Waals surface area contributed by atoms with Gasteiger partial charge in [-0.3, -0.25) is 4.79 Å². The number of benzene rings is 1. The molecule has 1 aromatic rings. The number of hydrogen-bond acceptors (Lipinski definition) is 2. The van der Waals surface area contributed by atoms with Gasteiger partial charge in [0, 0.05) is 24.6 Å². The van der Waals surface area contributed by atoms with Crippen molar-refractivity contribution in [2.24, 2.45) is 0 Å². The molecule has 1 aromatic carbocycles. The van der Waals surface area contributed by atoms with Gasteiger partial charge in [-0.25, -0.2) is 0 Å². The second kappa shape index (κ2) is 5.09. The van der Waals surface area contributed by atoms with Gasteiger partial charge < -0.3 is 10.1 Å². The fraction of sp³-hybridized carbons (Fsp3) is 0.200. The summed E-state index contributed by atoms with van der Waals surface area (Å²) in [6.07, 6.45) is 1.22. The Hall–Kier alpha value is -1.64. The number of carbonyl (C=O) groups is 2. The summed E-state index contributed by atoms with van der Waals surface area (Å²) in [5, 5.41) is 2.62. The SMILES string of the molecule is O=CCCC(=O)Nc1[c]cccc1. The Morgan fingerprint density at radius 1 is 1.54 bits per heavy atom. The van der Waals surface area contributed by atoms with Crippen LogP contribution in [0.2, 0.25) is 0 Å². The number of aldehydes is 1. The fourth-order valence-corrected chi connectivity index (χ4v) is 0.874. The molecule has 1 N–H and O–H groups in total. The van der Waals surface area contributed by atoms with Crippen molar-refractivity contribution in [1.82, 2.24) is 0 Å². The maximum atomic E-state index is 11.1. The van der Waals surface area contributed by atoms with Crippen molar-refractivity contribution < 1.29 is 9.59 Å². The van der Waals surface area contributed by atoms with Gasteiger partial charge in [0.2, 0.25) is 5.91 Å². The molecule has 0 aromatic heterocycles. The van der Waals surface area contributed by atoms with Gasteiger partial charge in [-0.15, -0.1) is 0 Å². The standard InChI is InChI=1S/C10H10NO2/c12-8-4-7-10(13)11-9-5-2-1-3-6-9/h1-3,5,8H,4,7H2,(H,11,13). The summed E-state index contributed by atoms with van der Waals surface area (Å²) in [7, 11) is 0. The molecule has 3 heteroatoms. The number of para-hydroxylation sites is 1. The minimum Gasteiger partial charge on any atom is -0.326 e. The third-order valence-electron chi connectivity index (χ3n) is 1.47. The lowest BCUT2D eigenvalue weighted by Gasteiger charge is -2.01. The lowest BCUT2D eigenvalue weighted by atomic mass is 10.3. The van der Waals surface area contributed by atoms with Gasteiger partial charge in [0.15, 0.2) is 0 Å². The zero-order chi connectivity index (χ0) is 9.52. The van der Waals surface area contributed by atoms with E-state index in [2.05, 4.69) is 11.4 Å². The Morgan fingerprint density at radius 3 is 3.00 bits per heavy atom. The molecule has 0 fully saturated rings. The Morgan fingerprint density at radius 2 is 2.38 bits per heavy atom. The molecule has 0 bridgehead atoms. The first-order valence-corrected chi connectivity index (χ1v) is 4.03. The van der Waals surface area contributed by atoms with Crippen molar-refractivity contribution in [1.29, 1.82) is 0 Å². The number of nitrogens with one attached hydrogen (secondary N) is 1. The Bertz CT molecular complexity index is 282. The highest BCUT2D eigenvalue weighted by molar-refractivity contribution is 5.91. The van der Waals surface area contributed by atoms with E-state index in [1.54, 1.807) is 12.1 Å². The van der Waals surface area contributed by atoms with E-state index < -0.39 is 0 Å². The van der Waals surface area contributed by atoms with E-state index in [0.29, 0.717) is 5.69 Å². The second-order valence-corrected chi connectivity index (χ2v) is 2.53. The van der Waals surface area contributed by atoms with E-state index in [0.717, 1.165) is 6.29 Å². The molecule has 0 aliphatic heterocycles. The van der Waals surface area contributed by atoms with Crippen LogP contribution in [0.25, 0.3) is 0 Å². The Balaban J connectivity index is 2.41. The minimum atomic E-state index is -0.158. The summed E-state index contributed by atoms with van der Waals surface area (Å²) in [5.74, 6) is -0.158. The number of rotatable bonds is 4. The lowest BCUT2D eigenvalue weighted by Crippen LogP contribution is -2.10. The zero-order valence-electron chi connectivity index (χ0n) is 7.12. The normalized spacial score (nSPS) is 9.23. The van der Waals surface area contributed by atoms with E-state index in [1.807, 2.05) is 12.1 Å². The topological polar surface area (TPSA) is 46.2 Å². The van der Waals surface area contributed by atoms with Gasteiger partial charge in [0.05, 0.1) is 0 Å². The molecular formula is C10H10NO2. The van der Waals surface area contributed by atoms with Crippen LogP contribution in [0.5, 0.6) is 0 Å². The highest BCUT2D eigenvalue weighted by atomic mass is 16.1. The molecule has 1 radical (unpaired) electrons. The molecule has 0 saturated carbocycles. The predicted octanol–water partition coefficient (Wildman–Crippen LogP) is 1.40. The lowest BCUT2D eigenvalue weighted by molar-refractivity contribution is -0.118. The highest BCUT2D eigenvalue weighted by Crippen LogP contribution is 2.04. The molecule has 13 heavy (non-hydrogen) atoms. The zero-order valence-corrected chi connectivity index (χ0v) is 7.12. The van der Waals surface area contributed by atoms with Crippen LogP contribution in [-0.2, 0) is 9.59 Å². The largest absolute Gasteiger partial charge is 0.326 e. The molecular weight excluding hydrogens is 166 g/mol. The van der Waals surface area contributed by atoms with E-state index in [-0.39, 0.29) is 18.7 Å². The molecule has 0 unspecified atom stereocenters. The summed E-state index contributed by atoms with van der Waals surface area (Å²) < 4.78 is 0. The van der Waals surface area contributed by atoms with Gasteiger partial charge >= 0.3 is 0 Å². The summed E-state index contributed by atoms with van der Waals surface area (Å²) in [5.41, 5.74) is 0.637. The van der Waals surface area contributed by atoms with Crippen molar-refractivity contribution in [3.8, 4) is 0 Å². The Kier molecular flexibility index (Phi) is 3.70. The number of carbonyl (C=O) groups excluding carboxylic acids is 2. The molecule has 0 saturated heterocycles. The summed E-state index contributed by atoms with van der Waals surface area (Å²) in [6, 6.07) is 9.95. The molecule has 0 aliphatic rings. The summed E-state index contributed by atoms with van der Waals surface area (Å²) >= 11 is 0. The van der Waals surface area contributed by atoms with Crippen molar-refractivity contribution >= 4 is 17.9 Å². The van der Waals surface area contributed by atoms with E-state index in [1.165, 1.54) is 0 Å². The maximum absolute atomic E-state index is 11.1. The molecule has 0 aliphatic carbocycles. The fourth-order valence-electron chi connectivity index (χ4n) is 0.874. The molecule has 1 amide bonds. The molecule has 3 nitrogen and oxygen atoms in total. The number of amides is 1. The minimum absolute atomic E-state index is 0.158. The first-order chi connectivity index (χ1) is 6.33. The first kappa shape index (κ1) is 9.45. The highest BCUT2D eigenvalue weighted by Gasteiger charge is 2.00. The third kappa shape index (κ3) is 3.51. The van der Waals surface area contributed by atoms with Gasteiger partial charge in [0.25, 0.3) is 0 Å². The van der Waals surface area contributed by atoms with Crippen LogP contribution >= 0.6 is 0 Å². The van der Waals surface area contributed by atoms with Crippen LogP contribution in [-0.4, -0.2) is 12.2 Å². The second-order valence-electron chi connectivity index (χ2n) is 2.53. The van der Waals surface area contributed by atoms with E-state index >= 15 is 0 Å². The van der Waals surface area contributed by atoms with Crippen molar-refractivity contribution in [3.63, 3.8) is 0 Å². The number of anilines is 1. The smallest absolute Gasteiger partial charge is 0.224 e. The van der Waals surface area contributed by atoms with Gasteiger partial charge in [-0.2, -0.15) is 0 Å². The summed E-state index contributed by atoms with van der Waals surface area (Å²) in [6.45, 7) is 0. The predicted molar refractivity (Wildman–Crippen MR) is 49.2 cm³/mol. The van der Waals surface area contributed by atoms with Crippen LogP contribution < -0.4 is 5.32 Å². The molecule has 67 valence electrons. The Labute approximate surface area is 76.8 Å². The van der Waals surface area contributed by atoms with Gasteiger partial charge in [0.1, 0.15) is 6.29 Å².